The van der Waals surface area contributed by atoms with Crippen LogP contribution in [0.25, 0.3) is 0 Å². The average molecular weight is 215 g/mol. The Balaban J connectivity index is 2.14. The molecule has 0 aliphatic heterocycles. The molecule has 0 saturated heterocycles. The van der Waals surface area contributed by atoms with Crippen molar-refractivity contribution in [3.8, 4) is 0 Å². The molecule has 0 bridgehead atoms. The summed E-state index contributed by atoms with van der Waals surface area (Å²) in [5.74, 6) is 0.491. The van der Waals surface area contributed by atoms with E-state index in [4.69, 9.17) is 11.6 Å². The van der Waals surface area contributed by atoms with Gasteiger partial charge in [0.2, 0.25) is 0 Å². The highest BCUT2D eigenvalue weighted by Crippen LogP contribution is 2.35. The van der Waals surface area contributed by atoms with Crippen molar-refractivity contribution in [3.05, 3.63) is 16.4 Å². The van der Waals surface area contributed by atoms with E-state index in [0.29, 0.717) is 17.5 Å². The zero-order valence-corrected chi connectivity index (χ0v) is 9.25. The molecular formula is C10H15ClN2O. The molecule has 3 nitrogen and oxygen atoms in total. The molecule has 1 aliphatic rings. The second-order valence-electron chi connectivity index (χ2n) is 4.09. The van der Waals surface area contributed by atoms with Crippen molar-refractivity contribution in [1.82, 2.24) is 9.78 Å². The standard InChI is InChI=1S/C10H15ClN2O/c1-6-8(10(11)13(2)12-6)5-9(14)7-3-4-7/h7,9,14H,3-5H2,1-2H3. The highest BCUT2D eigenvalue weighted by atomic mass is 35.5. The molecule has 1 unspecified atom stereocenters. The molecule has 1 aliphatic carbocycles. The summed E-state index contributed by atoms with van der Waals surface area (Å²) in [6.07, 6.45) is 2.70. The summed E-state index contributed by atoms with van der Waals surface area (Å²) in [6, 6.07) is 0. The highest BCUT2D eigenvalue weighted by Gasteiger charge is 2.31. The predicted octanol–water partition coefficient (Wildman–Crippen LogP) is 1.70. The van der Waals surface area contributed by atoms with Crippen LogP contribution in [-0.4, -0.2) is 21.0 Å². The molecule has 78 valence electrons. The number of hydrogen-bond acceptors (Lipinski definition) is 2. The molecule has 1 N–H and O–H groups in total. The van der Waals surface area contributed by atoms with E-state index in [0.717, 1.165) is 24.1 Å². The summed E-state index contributed by atoms with van der Waals surface area (Å²) in [5.41, 5.74) is 1.92. The number of nitrogens with zero attached hydrogens (tertiary/aromatic N) is 2. The third kappa shape index (κ3) is 1.79. The van der Waals surface area contributed by atoms with E-state index in [9.17, 15) is 5.11 Å². The van der Waals surface area contributed by atoms with Gasteiger partial charge in [-0.25, -0.2) is 0 Å². The average Bonchev–Trinajstić information content (AvgIpc) is 2.91. The molecule has 2 rings (SSSR count). The van der Waals surface area contributed by atoms with E-state index in [1.54, 1.807) is 4.68 Å². The topological polar surface area (TPSA) is 38.0 Å². The Kier molecular flexibility index (Phi) is 2.54. The van der Waals surface area contributed by atoms with Crippen molar-refractivity contribution in [1.29, 1.82) is 0 Å². The maximum Gasteiger partial charge on any atom is 0.130 e. The van der Waals surface area contributed by atoms with Gasteiger partial charge < -0.3 is 5.11 Å². The first-order valence-corrected chi connectivity index (χ1v) is 5.33. The molecule has 0 aromatic carbocycles. The SMILES string of the molecule is Cc1nn(C)c(Cl)c1CC(O)C1CC1. The van der Waals surface area contributed by atoms with Crippen LogP contribution in [0.3, 0.4) is 0 Å². The number of hydrogen-bond donors (Lipinski definition) is 1. The van der Waals surface area contributed by atoms with Crippen molar-refractivity contribution in [3.63, 3.8) is 0 Å². The molecule has 0 amide bonds. The Morgan fingerprint density at radius 1 is 1.64 bits per heavy atom. The van der Waals surface area contributed by atoms with Crippen molar-refractivity contribution in [2.75, 3.05) is 0 Å². The summed E-state index contributed by atoms with van der Waals surface area (Å²) in [4.78, 5) is 0. The molecular weight excluding hydrogens is 200 g/mol. The number of rotatable bonds is 3. The van der Waals surface area contributed by atoms with Crippen LogP contribution in [-0.2, 0) is 13.5 Å². The van der Waals surface area contributed by atoms with E-state index >= 15 is 0 Å². The summed E-state index contributed by atoms with van der Waals surface area (Å²) < 4.78 is 1.66. The van der Waals surface area contributed by atoms with Gasteiger partial charge in [0.25, 0.3) is 0 Å². The van der Waals surface area contributed by atoms with Crippen LogP contribution < -0.4 is 0 Å². The lowest BCUT2D eigenvalue weighted by atomic mass is 10.1. The van der Waals surface area contributed by atoms with E-state index in [-0.39, 0.29) is 6.10 Å². The minimum Gasteiger partial charge on any atom is -0.392 e. The van der Waals surface area contributed by atoms with E-state index in [2.05, 4.69) is 5.10 Å². The van der Waals surface area contributed by atoms with Gasteiger partial charge in [-0.05, 0) is 25.7 Å². The fraction of sp³-hybridized carbons (Fsp3) is 0.700. The second-order valence-corrected chi connectivity index (χ2v) is 4.45. The van der Waals surface area contributed by atoms with Crippen molar-refractivity contribution in [2.24, 2.45) is 13.0 Å². The molecule has 1 aromatic rings. The quantitative estimate of drug-likeness (QED) is 0.832. The first-order valence-electron chi connectivity index (χ1n) is 4.95. The lowest BCUT2D eigenvalue weighted by Crippen LogP contribution is -2.13. The number of aromatic nitrogens is 2. The van der Waals surface area contributed by atoms with Crippen molar-refractivity contribution in [2.45, 2.75) is 32.3 Å². The lowest BCUT2D eigenvalue weighted by molar-refractivity contribution is 0.151. The molecule has 1 saturated carbocycles. The van der Waals surface area contributed by atoms with Gasteiger partial charge in [0.15, 0.2) is 0 Å². The van der Waals surface area contributed by atoms with Crippen LogP contribution in [0.4, 0.5) is 0 Å². The third-order valence-electron chi connectivity index (χ3n) is 2.85. The normalized spacial score (nSPS) is 18.6. The Labute approximate surface area is 88.7 Å². The van der Waals surface area contributed by atoms with Gasteiger partial charge in [-0.2, -0.15) is 5.10 Å². The number of halogens is 1. The summed E-state index contributed by atoms with van der Waals surface area (Å²) in [7, 11) is 1.82. The van der Waals surface area contributed by atoms with Crippen LogP contribution >= 0.6 is 11.6 Å². The van der Waals surface area contributed by atoms with Gasteiger partial charge in [-0.15, -0.1) is 0 Å². The molecule has 1 heterocycles. The Morgan fingerprint density at radius 3 is 2.71 bits per heavy atom. The third-order valence-corrected chi connectivity index (χ3v) is 3.32. The summed E-state index contributed by atoms with van der Waals surface area (Å²) in [5, 5.41) is 14.7. The maximum absolute atomic E-state index is 9.80. The monoisotopic (exact) mass is 214 g/mol. The Morgan fingerprint density at radius 2 is 2.29 bits per heavy atom. The second kappa shape index (κ2) is 3.55. The molecule has 1 fully saturated rings. The van der Waals surface area contributed by atoms with Crippen molar-refractivity contribution >= 4 is 11.6 Å². The fourth-order valence-corrected chi connectivity index (χ4v) is 2.01. The van der Waals surface area contributed by atoms with E-state index in [1.807, 2.05) is 14.0 Å². The van der Waals surface area contributed by atoms with Crippen LogP contribution in [0.15, 0.2) is 0 Å². The van der Waals surface area contributed by atoms with Crippen LogP contribution in [0.2, 0.25) is 5.15 Å². The summed E-state index contributed by atoms with van der Waals surface area (Å²) in [6.45, 7) is 1.93. The van der Waals surface area contributed by atoms with Crippen LogP contribution in [0, 0.1) is 12.8 Å². The van der Waals surface area contributed by atoms with Gasteiger partial charge in [-0.3, -0.25) is 4.68 Å². The van der Waals surface area contributed by atoms with Gasteiger partial charge in [0.1, 0.15) is 5.15 Å². The first kappa shape index (κ1) is 9.99. The van der Waals surface area contributed by atoms with Crippen molar-refractivity contribution < 1.29 is 5.11 Å². The number of aryl methyl sites for hydroxylation is 2. The first-order chi connectivity index (χ1) is 6.59. The van der Waals surface area contributed by atoms with Crippen LogP contribution in [0.5, 0.6) is 0 Å². The maximum atomic E-state index is 9.80. The Bertz CT molecular complexity index is 344. The van der Waals surface area contributed by atoms with E-state index in [1.165, 1.54) is 0 Å². The Hall–Kier alpha value is -0.540. The molecule has 1 atom stereocenters. The molecule has 0 radical (unpaired) electrons. The summed E-state index contributed by atoms with van der Waals surface area (Å²) >= 11 is 6.07. The van der Waals surface area contributed by atoms with Crippen LogP contribution in [0.1, 0.15) is 24.1 Å². The zero-order chi connectivity index (χ0) is 10.3. The van der Waals surface area contributed by atoms with E-state index < -0.39 is 0 Å². The van der Waals surface area contributed by atoms with Gasteiger partial charge in [0.05, 0.1) is 11.8 Å². The zero-order valence-electron chi connectivity index (χ0n) is 8.50. The molecule has 4 heteroatoms. The molecule has 0 spiro atoms. The fourth-order valence-electron chi connectivity index (χ4n) is 1.76. The molecule has 1 aromatic heterocycles. The van der Waals surface area contributed by atoms with Gasteiger partial charge in [0, 0.05) is 19.0 Å². The smallest absolute Gasteiger partial charge is 0.130 e. The lowest BCUT2D eigenvalue weighted by Gasteiger charge is -2.08. The molecule has 14 heavy (non-hydrogen) atoms. The number of aliphatic hydroxyl groups is 1. The highest BCUT2D eigenvalue weighted by molar-refractivity contribution is 6.30. The van der Waals surface area contributed by atoms with Gasteiger partial charge in [-0.1, -0.05) is 11.6 Å². The predicted molar refractivity (Wildman–Crippen MR) is 55.4 cm³/mol. The minimum atomic E-state index is -0.240. The minimum absolute atomic E-state index is 0.240. The van der Waals surface area contributed by atoms with Gasteiger partial charge >= 0.3 is 0 Å². The number of aliphatic hydroxyl groups excluding tert-OH is 1. The largest absolute Gasteiger partial charge is 0.392 e.